The SMILES string of the molecule is CCN(CC)S(=O)(=O)c1ccc(NC(=O)CCC2CCCCC2)cc1. The van der Waals surface area contributed by atoms with E-state index in [2.05, 4.69) is 5.32 Å². The molecule has 140 valence electrons. The van der Waals surface area contributed by atoms with Crippen molar-refractivity contribution in [2.24, 2.45) is 5.92 Å². The lowest BCUT2D eigenvalue weighted by Crippen LogP contribution is -2.30. The lowest BCUT2D eigenvalue weighted by atomic mass is 9.86. The lowest BCUT2D eigenvalue weighted by Gasteiger charge is -2.21. The van der Waals surface area contributed by atoms with Gasteiger partial charge in [0.25, 0.3) is 0 Å². The average molecular weight is 367 g/mol. The summed E-state index contributed by atoms with van der Waals surface area (Å²) in [6, 6.07) is 6.44. The molecule has 0 saturated heterocycles. The number of hydrogen-bond acceptors (Lipinski definition) is 3. The van der Waals surface area contributed by atoms with Crippen molar-refractivity contribution in [2.45, 2.75) is 63.7 Å². The van der Waals surface area contributed by atoms with Crippen LogP contribution in [0.2, 0.25) is 0 Å². The van der Waals surface area contributed by atoms with Crippen LogP contribution in [-0.4, -0.2) is 31.7 Å². The van der Waals surface area contributed by atoms with E-state index in [1.807, 2.05) is 13.8 Å². The maximum Gasteiger partial charge on any atom is 0.243 e. The molecule has 0 radical (unpaired) electrons. The van der Waals surface area contributed by atoms with Crippen LogP contribution in [0.1, 0.15) is 58.8 Å². The van der Waals surface area contributed by atoms with Crippen LogP contribution in [0.15, 0.2) is 29.2 Å². The second kappa shape index (κ2) is 9.34. The fourth-order valence-electron chi connectivity index (χ4n) is 3.46. The molecule has 1 amide bonds. The maximum atomic E-state index is 12.4. The third-order valence-corrected chi connectivity index (χ3v) is 7.05. The molecule has 1 saturated carbocycles. The van der Waals surface area contributed by atoms with Gasteiger partial charge in [0.15, 0.2) is 0 Å². The van der Waals surface area contributed by atoms with Gasteiger partial charge < -0.3 is 5.32 Å². The number of carbonyl (C=O) groups excluding carboxylic acids is 1. The average Bonchev–Trinajstić information content (AvgIpc) is 2.62. The van der Waals surface area contributed by atoms with Gasteiger partial charge in [0.1, 0.15) is 0 Å². The fourth-order valence-corrected chi connectivity index (χ4v) is 4.92. The van der Waals surface area contributed by atoms with Gasteiger partial charge in [-0.25, -0.2) is 8.42 Å². The van der Waals surface area contributed by atoms with Crippen LogP contribution < -0.4 is 5.32 Å². The molecule has 0 aliphatic heterocycles. The molecule has 1 aliphatic rings. The van der Waals surface area contributed by atoms with Gasteiger partial charge in [0, 0.05) is 25.2 Å². The number of rotatable bonds is 8. The molecule has 0 unspecified atom stereocenters. The minimum atomic E-state index is -3.45. The van der Waals surface area contributed by atoms with Crippen LogP contribution in [0.3, 0.4) is 0 Å². The quantitative estimate of drug-likeness (QED) is 0.756. The first-order valence-corrected chi connectivity index (χ1v) is 10.8. The van der Waals surface area contributed by atoms with Crippen molar-refractivity contribution in [2.75, 3.05) is 18.4 Å². The molecule has 0 bridgehead atoms. The van der Waals surface area contributed by atoms with Gasteiger partial charge in [-0.05, 0) is 36.6 Å². The van der Waals surface area contributed by atoms with Crippen LogP contribution >= 0.6 is 0 Å². The second-order valence-electron chi connectivity index (χ2n) is 6.70. The Morgan fingerprint density at radius 3 is 2.24 bits per heavy atom. The first-order chi connectivity index (χ1) is 12.0. The van der Waals surface area contributed by atoms with Gasteiger partial charge in [-0.2, -0.15) is 4.31 Å². The van der Waals surface area contributed by atoms with Gasteiger partial charge in [0.2, 0.25) is 15.9 Å². The summed E-state index contributed by atoms with van der Waals surface area (Å²) in [4.78, 5) is 12.4. The number of amides is 1. The summed E-state index contributed by atoms with van der Waals surface area (Å²) in [6.45, 7) is 4.53. The Bertz CT molecular complexity index is 646. The van der Waals surface area contributed by atoms with E-state index >= 15 is 0 Å². The highest BCUT2D eigenvalue weighted by atomic mass is 32.2. The van der Waals surface area contributed by atoms with Gasteiger partial charge in [0.05, 0.1) is 4.90 Å². The summed E-state index contributed by atoms with van der Waals surface area (Å²) in [6.07, 6.45) is 7.86. The number of carbonyl (C=O) groups is 1. The van der Waals surface area contributed by atoms with Gasteiger partial charge in [-0.3, -0.25) is 4.79 Å². The zero-order valence-corrected chi connectivity index (χ0v) is 16.1. The molecule has 0 atom stereocenters. The standard InChI is InChI=1S/C19H30N2O3S/c1-3-21(4-2)25(23,24)18-13-11-17(12-14-18)20-19(22)15-10-16-8-6-5-7-9-16/h11-14,16H,3-10,15H2,1-2H3,(H,20,22). The zero-order chi connectivity index (χ0) is 18.3. The third kappa shape index (κ3) is 5.54. The summed E-state index contributed by atoms with van der Waals surface area (Å²) in [7, 11) is -3.45. The Balaban J connectivity index is 1.90. The van der Waals surface area contributed by atoms with Crippen molar-refractivity contribution in [1.82, 2.24) is 4.31 Å². The second-order valence-corrected chi connectivity index (χ2v) is 8.64. The minimum absolute atomic E-state index is 0.00456. The molecule has 0 aromatic heterocycles. The van der Waals surface area contributed by atoms with Crippen molar-refractivity contribution in [3.05, 3.63) is 24.3 Å². The first-order valence-electron chi connectivity index (χ1n) is 9.37. The van der Waals surface area contributed by atoms with E-state index in [-0.39, 0.29) is 10.8 Å². The Labute approximate surface area is 151 Å². The van der Waals surface area contributed by atoms with Crippen molar-refractivity contribution in [1.29, 1.82) is 0 Å². The van der Waals surface area contributed by atoms with Gasteiger partial charge >= 0.3 is 0 Å². The van der Waals surface area contributed by atoms with E-state index in [1.165, 1.54) is 36.4 Å². The van der Waals surface area contributed by atoms with E-state index < -0.39 is 10.0 Å². The van der Waals surface area contributed by atoms with Crippen LogP contribution in [0.4, 0.5) is 5.69 Å². The zero-order valence-electron chi connectivity index (χ0n) is 15.3. The number of nitrogens with zero attached hydrogens (tertiary/aromatic N) is 1. The molecular weight excluding hydrogens is 336 g/mol. The van der Waals surface area contributed by atoms with E-state index in [9.17, 15) is 13.2 Å². The van der Waals surface area contributed by atoms with Crippen molar-refractivity contribution in [3.63, 3.8) is 0 Å². The summed E-state index contributed by atoms with van der Waals surface area (Å²) < 4.78 is 26.3. The van der Waals surface area contributed by atoms with Gasteiger partial charge in [-0.15, -0.1) is 0 Å². The van der Waals surface area contributed by atoms with Crippen LogP contribution in [0.25, 0.3) is 0 Å². The highest BCUT2D eigenvalue weighted by molar-refractivity contribution is 7.89. The number of anilines is 1. The highest BCUT2D eigenvalue weighted by Gasteiger charge is 2.21. The molecule has 1 N–H and O–H groups in total. The van der Waals surface area contributed by atoms with Gasteiger partial charge in [-0.1, -0.05) is 46.0 Å². The Kier molecular flexibility index (Phi) is 7.44. The van der Waals surface area contributed by atoms with Crippen molar-refractivity contribution in [3.8, 4) is 0 Å². The molecule has 1 aromatic rings. The molecule has 2 rings (SSSR count). The number of sulfonamides is 1. The Hall–Kier alpha value is -1.40. The molecule has 6 heteroatoms. The van der Waals surface area contributed by atoms with Crippen LogP contribution in [-0.2, 0) is 14.8 Å². The number of nitrogens with one attached hydrogen (secondary N) is 1. The van der Waals surface area contributed by atoms with Crippen LogP contribution in [0, 0.1) is 5.92 Å². The summed E-state index contributed by atoms with van der Waals surface area (Å²) in [5, 5.41) is 2.87. The summed E-state index contributed by atoms with van der Waals surface area (Å²) in [5.74, 6) is 0.686. The highest BCUT2D eigenvalue weighted by Crippen LogP contribution is 2.27. The summed E-state index contributed by atoms with van der Waals surface area (Å²) >= 11 is 0. The van der Waals surface area contributed by atoms with E-state index in [0.29, 0.717) is 31.1 Å². The largest absolute Gasteiger partial charge is 0.326 e. The van der Waals surface area contributed by atoms with E-state index in [0.717, 1.165) is 6.42 Å². The molecule has 1 aliphatic carbocycles. The number of benzene rings is 1. The van der Waals surface area contributed by atoms with E-state index in [1.54, 1.807) is 24.3 Å². The normalized spacial score (nSPS) is 16.1. The molecular formula is C19H30N2O3S. The molecule has 0 heterocycles. The minimum Gasteiger partial charge on any atom is -0.326 e. The lowest BCUT2D eigenvalue weighted by molar-refractivity contribution is -0.116. The fraction of sp³-hybridized carbons (Fsp3) is 0.632. The molecule has 5 nitrogen and oxygen atoms in total. The van der Waals surface area contributed by atoms with Crippen LogP contribution in [0.5, 0.6) is 0 Å². The predicted octanol–water partition coefficient (Wildman–Crippen LogP) is 4.02. The Morgan fingerprint density at radius 1 is 1.08 bits per heavy atom. The maximum absolute atomic E-state index is 12.4. The molecule has 1 aromatic carbocycles. The number of hydrogen-bond donors (Lipinski definition) is 1. The molecule has 25 heavy (non-hydrogen) atoms. The molecule has 1 fully saturated rings. The van der Waals surface area contributed by atoms with E-state index in [4.69, 9.17) is 0 Å². The molecule has 0 spiro atoms. The first kappa shape index (κ1) is 19.9. The third-order valence-electron chi connectivity index (χ3n) is 4.99. The Morgan fingerprint density at radius 2 is 1.68 bits per heavy atom. The van der Waals surface area contributed by atoms with Crippen molar-refractivity contribution < 1.29 is 13.2 Å². The smallest absolute Gasteiger partial charge is 0.243 e. The topological polar surface area (TPSA) is 66.5 Å². The van der Waals surface area contributed by atoms with Crippen molar-refractivity contribution >= 4 is 21.6 Å². The summed E-state index contributed by atoms with van der Waals surface area (Å²) in [5.41, 5.74) is 0.646. The predicted molar refractivity (Wildman–Crippen MR) is 101 cm³/mol. The monoisotopic (exact) mass is 366 g/mol.